The van der Waals surface area contributed by atoms with Crippen molar-refractivity contribution in [1.82, 2.24) is 0 Å². The molecular weight excluding hydrogens is 489 g/mol. The summed E-state index contributed by atoms with van der Waals surface area (Å²) in [6, 6.07) is 0. The van der Waals surface area contributed by atoms with Gasteiger partial charge in [-0.2, -0.15) is 0 Å². The molecule has 3 rings (SSSR count). The van der Waals surface area contributed by atoms with Crippen LogP contribution in [0.2, 0.25) is 0 Å². The van der Waals surface area contributed by atoms with Gasteiger partial charge in [-0.15, -0.1) is 22.7 Å². The van der Waals surface area contributed by atoms with Gasteiger partial charge in [0, 0.05) is 9.75 Å². The zero-order valence-corrected chi connectivity index (χ0v) is 25.2. The summed E-state index contributed by atoms with van der Waals surface area (Å²) in [7, 11) is -3.38. The van der Waals surface area contributed by atoms with Gasteiger partial charge in [-0.25, -0.2) is 8.42 Å². The molecule has 0 radical (unpaired) electrons. The van der Waals surface area contributed by atoms with E-state index in [1.54, 1.807) is 22.7 Å². The van der Waals surface area contributed by atoms with Crippen molar-refractivity contribution in [3.8, 4) is 9.75 Å². The molecule has 0 spiro atoms. The first-order valence-corrected chi connectivity index (χ1v) is 17.5. The van der Waals surface area contributed by atoms with E-state index in [0.29, 0.717) is 9.79 Å². The molecule has 0 saturated heterocycles. The average Bonchev–Trinajstić information content (AvgIpc) is 3.40. The average molecular weight is 537 g/mol. The molecule has 2 aromatic heterocycles. The van der Waals surface area contributed by atoms with Crippen molar-refractivity contribution in [3.05, 3.63) is 20.9 Å². The van der Waals surface area contributed by atoms with Crippen molar-refractivity contribution in [3.63, 3.8) is 0 Å². The molecule has 0 bridgehead atoms. The summed E-state index contributed by atoms with van der Waals surface area (Å²) in [4.78, 5) is 5.87. The Labute approximate surface area is 223 Å². The molecule has 0 saturated carbocycles. The summed E-state index contributed by atoms with van der Waals surface area (Å²) in [5.41, 5.74) is 2.24. The predicted molar refractivity (Wildman–Crippen MR) is 155 cm³/mol. The SMILES string of the molecule is CCCCCCCCCCc1c(C)sc2c1S(=O)(=O)c1c-2sc(C)c1CCCCCCCCCC. The first-order chi connectivity index (χ1) is 16.9. The number of fused-ring (bicyclic) bond motifs is 3. The Bertz CT molecular complexity index is 950. The fraction of sp³-hybridized carbons (Fsp3) is 0.733. The summed E-state index contributed by atoms with van der Waals surface area (Å²) >= 11 is 3.44. The Morgan fingerprint density at radius 1 is 0.514 bits per heavy atom. The molecule has 198 valence electrons. The van der Waals surface area contributed by atoms with Crippen LogP contribution in [-0.4, -0.2) is 8.42 Å². The number of sulfone groups is 1. The van der Waals surface area contributed by atoms with Gasteiger partial charge in [0.05, 0.1) is 19.5 Å². The maximum absolute atomic E-state index is 13.8. The summed E-state index contributed by atoms with van der Waals surface area (Å²) in [5.74, 6) is 0. The number of unbranched alkanes of at least 4 members (excludes halogenated alkanes) is 14. The second-order valence-corrected chi connectivity index (χ2v) is 14.8. The molecule has 3 heterocycles. The van der Waals surface area contributed by atoms with Gasteiger partial charge < -0.3 is 0 Å². The van der Waals surface area contributed by atoms with Gasteiger partial charge in [-0.05, 0) is 50.7 Å². The monoisotopic (exact) mass is 536 g/mol. The van der Waals surface area contributed by atoms with E-state index < -0.39 is 9.84 Å². The van der Waals surface area contributed by atoms with Crippen molar-refractivity contribution in [2.45, 2.75) is 153 Å². The third-order valence-corrected chi connectivity index (χ3v) is 12.3. The van der Waals surface area contributed by atoms with E-state index >= 15 is 0 Å². The number of rotatable bonds is 18. The molecule has 0 amide bonds. The van der Waals surface area contributed by atoms with Crippen LogP contribution in [0.25, 0.3) is 9.75 Å². The van der Waals surface area contributed by atoms with Crippen molar-refractivity contribution >= 4 is 32.5 Å². The third-order valence-electron chi connectivity index (χ3n) is 7.63. The summed E-state index contributed by atoms with van der Waals surface area (Å²) in [6.07, 6.45) is 22.3. The third kappa shape index (κ3) is 7.23. The molecule has 0 fully saturated rings. The molecule has 1 aliphatic heterocycles. The van der Waals surface area contributed by atoms with Crippen LogP contribution in [0, 0.1) is 13.8 Å². The van der Waals surface area contributed by atoms with Gasteiger partial charge >= 0.3 is 0 Å². The normalized spacial score (nSPS) is 13.9. The topological polar surface area (TPSA) is 34.1 Å². The molecule has 5 heteroatoms. The zero-order chi connectivity index (χ0) is 25.3. The largest absolute Gasteiger partial charge is 0.218 e. The Morgan fingerprint density at radius 2 is 0.829 bits per heavy atom. The molecule has 35 heavy (non-hydrogen) atoms. The number of aryl methyl sites for hydroxylation is 2. The molecular formula is C30H48O2S3. The second kappa shape index (κ2) is 14.3. The lowest BCUT2D eigenvalue weighted by Gasteiger charge is -2.08. The van der Waals surface area contributed by atoms with E-state index in [1.165, 1.54) is 99.6 Å². The predicted octanol–water partition coefficient (Wildman–Crippen LogP) is 10.6. The van der Waals surface area contributed by atoms with Crippen molar-refractivity contribution in [2.75, 3.05) is 0 Å². The van der Waals surface area contributed by atoms with Crippen LogP contribution in [0.5, 0.6) is 0 Å². The fourth-order valence-electron chi connectivity index (χ4n) is 5.54. The van der Waals surface area contributed by atoms with E-state index in [2.05, 4.69) is 27.7 Å². The van der Waals surface area contributed by atoms with Crippen LogP contribution >= 0.6 is 22.7 Å². The maximum Gasteiger partial charge on any atom is 0.210 e. The van der Waals surface area contributed by atoms with E-state index in [4.69, 9.17) is 0 Å². The fourth-order valence-corrected chi connectivity index (χ4v) is 11.1. The van der Waals surface area contributed by atoms with Gasteiger partial charge in [0.25, 0.3) is 0 Å². The quantitative estimate of drug-likeness (QED) is 0.151. The Kier molecular flexibility index (Phi) is 11.8. The van der Waals surface area contributed by atoms with Gasteiger partial charge in [0.1, 0.15) is 0 Å². The summed E-state index contributed by atoms with van der Waals surface area (Å²) < 4.78 is 27.7. The molecule has 0 atom stereocenters. The van der Waals surface area contributed by atoms with Crippen molar-refractivity contribution in [2.24, 2.45) is 0 Å². The van der Waals surface area contributed by atoms with Crippen molar-refractivity contribution in [1.29, 1.82) is 0 Å². The minimum atomic E-state index is -3.38. The first-order valence-electron chi connectivity index (χ1n) is 14.4. The molecule has 2 nitrogen and oxygen atoms in total. The lowest BCUT2D eigenvalue weighted by atomic mass is 10.0. The van der Waals surface area contributed by atoms with E-state index in [-0.39, 0.29) is 0 Å². The van der Waals surface area contributed by atoms with Gasteiger partial charge in [-0.1, -0.05) is 104 Å². The number of thiophene rings is 2. The highest BCUT2D eigenvalue weighted by Crippen LogP contribution is 2.55. The number of hydrogen-bond acceptors (Lipinski definition) is 4. The van der Waals surface area contributed by atoms with Crippen LogP contribution in [0.1, 0.15) is 137 Å². The zero-order valence-electron chi connectivity index (χ0n) is 22.8. The Balaban J connectivity index is 1.59. The first kappa shape index (κ1) is 28.9. The number of hydrogen-bond donors (Lipinski definition) is 0. The van der Waals surface area contributed by atoms with Gasteiger partial charge in [-0.3, -0.25) is 0 Å². The molecule has 0 N–H and O–H groups in total. The van der Waals surface area contributed by atoms with Gasteiger partial charge in [0.2, 0.25) is 9.84 Å². The smallest absolute Gasteiger partial charge is 0.210 e. The van der Waals surface area contributed by atoms with E-state index in [0.717, 1.165) is 46.6 Å². The van der Waals surface area contributed by atoms with Gasteiger partial charge in [0.15, 0.2) is 0 Å². The van der Waals surface area contributed by atoms with E-state index in [9.17, 15) is 8.42 Å². The molecule has 1 aliphatic rings. The lowest BCUT2D eigenvalue weighted by Crippen LogP contribution is -2.04. The molecule has 2 aromatic rings. The highest BCUT2D eigenvalue weighted by molar-refractivity contribution is 7.92. The van der Waals surface area contributed by atoms with Crippen molar-refractivity contribution < 1.29 is 8.42 Å². The Hall–Kier alpha value is -0.650. The Morgan fingerprint density at radius 3 is 1.17 bits per heavy atom. The van der Waals surface area contributed by atoms with E-state index in [1.807, 2.05) is 0 Å². The van der Waals surface area contributed by atoms with Crippen LogP contribution < -0.4 is 0 Å². The highest BCUT2D eigenvalue weighted by Gasteiger charge is 2.41. The van der Waals surface area contributed by atoms with Crippen LogP contribution in [0.3, 0.4) is 0 Å². The highest BCUT2D eigenvalue weighted by atomic mass is 32.2. The summed E-state index contributed by atoms with van der Waals surface area (Å²) in [5, 5.41) is 0. The standard InChI is InChI=1S/C30H48O2S3/c1-5-7-9-11-13-15-17-19-21-25-23(3)33-27-28-30(35(31,32)29(25)27)26(24(4)34-28)22-20-18-16-14-12-10-8-6-2/h5-22H2,1-4H3. The minimum absolute atomic E-state index is 0.682. The minimum Gasteiger partial charge on any atom is -0.218 e. The van der Waals surface area contributed by atoms with Crippen LogP contribution in [0.4, 0.5) is 0 Å². The molecule has 0 aliphatic carbocycles. The lowest BCUT2D eigenvalue weighted by molar-refractivity contribution is 0.572. The second-order valence-electron chi connectivity index (χ2n) is 10.5. The molecule has 0 unspecified atom stereocenters. The van der Waals surface area contributed by atoms with Crippen LogP contribution in [0.15, 0.2) is 9.79 Å². The maximum atomic E-state index is 13.8. The molecule has 0 aromatic carbocycles. The summed E-state index contributed by atoms with van der Waals surface area (Å²) in [6.45, 7) is 8.77. The van der Waals surface area contributed by atoms with Crippen LogP contribution in [-0.2, 0) is 22.7 Å².